The first-order valence-corrected chi connectivity index (χ1v) is 5.12. The summed E-state index contributed by atoms with van der Waals surface area (Å²) in [5, 5.41) is 2.95. The minimum absolute atomic E-state index is 0.0415. The number of methoxy groups -OCH3 is 1. The smallest absolute Gasteiger partial charge is 0.217 e. The third-order valence-corrected chi connectivity index (χ3v) is 2.75. The number of rotatable bonds is 2. The molecule has 1 atom stereocenters. The monoisotopic (exact) mass is 205 g/mol. The van der Waals surface area contributed by atoms with Gasteiger partial charge in [0.2, 0.25) is 5.91 Å². The number of hydrogen-bond acceptors (Lipinski definition) is 2. The maximum absolute atomic E-state index is 10.9. The van der Waals surface area contributed by atoms with Crippen LogP contribution in [-0.4, -0.2) is 19.1 Å². The standard InChI is InChI=1S/C12H15NO2/c1-8(14)13-11-5-9-3-4-12(15-2)7-10(9)6-11/h3-4,7,11H,5-6H2,1-2H3,(H,13,14). The Labute approximate surface area is 89.4 Å². The van der Waals surface area contributed by atoms with Crippen LogP contribution in [0.4, 0.5) is 0 Å². The molecule has 0 aromatic heterocycles. The average molecular weight is 205 g/mol. The van der Waals surface area contributed by atoms with Crippen molar-refractivity contribution in [3.05, 3.63) is 29.3 Å². The van der Waals surface area contributed by atoms with Gasteiger partial charge in [0.25, 0.3) is 0 Å². The van der Waals surface area contributed by atoms with Crippen molar-refractivity contribution >= 4 is 5.91 Å². The zero-order chi connectivity index (χ0) is 10.8. The number of amides is 1. The second kappa shape index (κ2) is 3.93. The molecular formula is C12H15NO2. The minimum atomic E-state index is 0.0415. The van der Waals surface area contributed by atoms with E-state index >= 15 is 0 Å². The van der Waals surface area contributed by atoms with Crippen molar-refractivity contribution in [1.29, 1.82) is 0 Å². The summed E-state index contributed by atoms with van der Waals surface area (Å²) in [7, 11) is 1.67. The van der Waals surface area contributed by atoms with E-state index in [9.17, 15) is 4.79 Å². The summed E-state index contributed by atoms with van der Waals surface area (Å²) < 4.78 is 5.17. The van der Waals surface area contributed by atoms with Crippen LogP contribution in [0.15, 0.2) is 18.2 Å². The van der Waals surface area contributed by atoms with Gasteiger partial charge in [-0.15, -0.1) is 0 Å². The van der Waals surface area contributed by atoms with Crippen LogP contribution in [0, 0.1) is 0 Å². The molecule has 0 saturated carbocycles. The number of nitrogens with one attached hydrogen (secondary N) is 1. The van der Waals surface area contributed by atoms with Crippen molar-refractivity contribution < 1.29 is 9.53 Å². The number of benzene rings is 1. The molecule has 3 nitrogen and oxygen atoms in total. The molecule has 1 aromatic rings. The molecule has 1 N–H and O–H groups in total. The number of carbonyl (C=O) groups is 1. The van der Waals surface area contributed by atoms with Gasteiger partial charge in [-0.1, -0.05) is 6.07 Å². The van der Waals surface area contributed by atoms with E-state index in [4.69, 9.17) is 4.74 Å². The molecule has 0 saturated heterocycles. The maximum Gasteiger partial charge on any atom is 0.217 e. The Kier molecular flexibility index (Phi) is 2.62. The third kappa shape index (κ3) is 2.12. The molecule has 0 fully saturated rings. The van der Waals surface area contributed by atoms with Gasteiger partial charge >= 0.3 is 0 Å². The van der Waals surface area contributed by atoms with Crippen molar-refractivity contribution in [1.82, 2.24) is 5.32 Å². The normalized spacial score (nSPS) is 18.4. The highest BCUT2D eigenvalue weighted by Crippen LogP contribution is 2.26. The molecule has 0 bridgehead atoms. The van der Waals surface area contributed by atoms with Crippen LogP contribution in [0.3, 0.4) is 0 Å². The summed E-state index contributed by atoms with van der Waals surface area (Å²) in [6, 6.07) is 6.35. The molecule has 2 rings (SSSR count). The van der Waals surface area contributed by atoms with E-state index < -0.39 is 0 Å². The zero-order valence-electron chi connectivity index (χ0n) is 9.04. The summed E-state index contributed by atoms with van der Waals surface area (Å²) in [4.78, 5) is 10.9. The lowest BCUT2D eigenvalue weighted by Crippen LogP contribution is -2.33. The highest BCUT2D eigenvalue weighted by molar-refractivity contribution is 5.73. The Morgan fingerprint density at radius 1 is 1.40 bits per heavy atom. The molecule has 1 amide bonds. The quantitative estimate of drug-likeness (QED) is 0.790. The van der Waals surface area contributed by atoms with Gasteiger partial charge in [-0.2, -0.15) is 0 Å². The van der Waals surface area contributed by atoms with Crippen LogP contribution in [0.2, 0.25) is 0 Å². The second-order valence-electron chi connectivity index (χ2n) is 3.94. The van der Waals surface area contributed by atoms with Gasteiger partial charge in [0.15, 0.2) is 0 Å². The molecule has 0 spiro atoms. The Balaban J connectivity index is 2.13. The molecule has 3 heteroatoms. The van der Waals surface area contributed by atoms with Gasteiger partial charge in [-0.3, -0.25) is 4.79 Å². The highest BCUT2D eigenvalue weighted by atomic mass is 16.5. The number of hydrogen-bond donors (Lipinski definition) is 1. The van der Waals surface area contributed by atoms with Crippen LogP contribution in [0.5, 0.6) is 5.75 Å². The number of carbonyl (C=O) groups excluding carboxylic acids is 1. The lowest BCUT2D eigenvalue weighted by atomic mass is 10.1. The summed E-state index contributed by atoms with van der Waals surface area (Å²) >= 11 is 0. The maximum atomic E-state index is 10.9. The van der Waals surface area contributed by atoms with E-state index in [2.05, 4.69) is 17.4 Å². The van der Waals surface area contributed by atoms with Gasteiger partial charge < -0.3 is 10.1 Å². The fourth-order valence-corrected chi connectivity index (χ4v) is 2.11. The van der Waals surface area contributed by atoms with Crippen LogP contribution in [0.1, 0.15) is 18.1 Å². The van der Waals surface area contributed by atoms with Crippen LogP contribution < -0.4 is 10.1 Å². The predicted molar refractivity (Wildman–Crippen MR) is 58.0 cm³/mol. The van der Waals surface area contributed by atoms with Crippen molar-refractivity contribution in [2.24, 2.45) is 0 Å². The first kappa shape index (κ1) is 10.0. The van der Waals surface area contributed by atoms with Crippen LogP contribution in [-0.2, 0) is 17.6 Å². The molecule has 15 heavy (non-hydrogen) atoms. The van der Waals surface area contributed by atoms with Crippen LogP contribution in [0.25, 0.3) is 0 Å². The van der Waals surface area contributed by atoms with Gasteiger partial charge in [-0.05, 0) is 36.1 Å². The number of fused-ring (bicyclic) bond motifs is 1. The molecule has 1 unspecified atom stereocenters. The number of ether oxygens (including phenoxy) is 1. The summed E-state index contributed by atoms with van der Waals surface area (Å²) in [6.07, 6.45) is 1.84. The van der Waals surface area contributed by atoms with Crippen molar-refractivity contribution in [3.8, 4) is 5.75 Å². The zero-order valence-corrected chi connectivity index (χ0v) is 9.04. The fraction of sp³-hybridized carbons (Fsp3) is 0.417. The largest absolute Gasteiger partial charge is 0.497 e. The Bertz CT molecular complexity index is 387. The lowest BCUT2D eigenvalue weighted by molar-refractivity contribution is -0.119. The Hall–Kier alpha value is -1.51. The predicted octanol–water partition coefficient (Wildman–Crippen LogP) is 1.30. The molecule has 0 radical (unpaired) electrons. The summed E-state index contributed by atoms with van der Waals surface area (Å²) in [5.41, 5.74) is 2.60. The summed E-state index contributed by atoms with van der Waals surface area (Å²) in [5.74, 6) is 0.928. The van der Waals surface area contributed by atoms with E-state index in [0.717, 1.165) is 18.6 Å². The Morgan fingerprint density at radius 2 is 2.13 bits per heavy atom. The van der Waals surface area contributed by atoms with Gasteiger partial charge in [0, 0.05) is 13.0 Å². The fourth-order valence-electron chi connectivity index (χ4n) is 2.11. The molecule has 1 aliphatic rings. The minimum Gasteiger partial charge on any atom is -0.497 e. The molecule has 80 valence electrons. The molecule has 0 aliphatic heterocycles. The summed E-state index contributed by atoms with van der Waals surface area (Å²) in [6.45, 7) is 1.56. The van der Waals surface area contributed by atoms with Crippen molar-refractivity contribution in [2.45, 2.75) is 25.8 Å². The van der Waals surface area contributed by atoms with Gasteiger partial charge in [0.05, 0.1) is 7.11 Å². The van der Waals surface area contributed by atoms with E-state index in [-0.39, 0.29) is 11.9 Å². The highest BCUT2D eigenvalue weighted by Gasteiger charge is 2.22. The molecular weight excluding hydrogens is 190 g/mol. The lowest BCUT2D eigenvalue weighted by Gasteiger charge is -2.08. The van der Waals surface area contributed by atoms with Crippen molar-refractivity contribution in [3.63, 3.8) is 0 Å². The average Bonchev–Trinajstić information content (AvgIpc) is 2.57. The van der Waals surface area contributed by atoms with Gasteiger partial charge in [0.1, 0.15) is 5.75 Å². The van der Waals surface area contributed by atoms with E-state index in [1.54, 1.807) is 14.0 Å². The van der Waals surface area contributed by atoms with Crippen molar-refractivity contribution in [2.75, 3.05) is 7.11 Å². The molecule has 0 heterocycles. The third-order valence-electron chi connectivity index (χ3n) is 2.75. The molecule has 1 aromatic carbocycles. The SMILES string of the molecule is COc1ccc2c(c1)CC(NC(C)=O)C2. The van der Waals surface area contributed by atoms with E-state index in [1.807, 2.05) is 6.07 Å². The van der Waals surface area contributed by atoms with Gasteiger partial charge in [-0.25, -0.2) is 0 Å². The Morgan fingerprint density at radius 3 is 2.80 bits per heavy atom. The van der Waals surface area contributed by atoms with Crippen LogP contribution >= 0.6 is 0 Å². The van der Waals surface area contributed by atoms with E-state index in [0.29, 0.717) is 0 Å². The topological polar surface area (TPSA) is 38.3 Å². The molecule has 1 aliphatic carbocycles. The second-order valence-corrected chi connectivity index (χ2v) is 3.94. The first-order valence-electron chi connectivity index (χ1n) is 5.12. The first-order chi connectivity index (χ1) is 7.19. The van der Waals surface area contributed by atoms with E-state index in [1.165, 1.54) is 11.1 Å².